The van der Waals surface area contributed by atoms with Crippen LogP contribution >= 0.6 is 15.9 Å². The van der Waals surface area contributed by atoms with Gasteiger partial charge in [0.2, 0.25) is 10.0 Å². The second-order valence-electron chi connectivity index (χ2n) is 7.12. The standard InChI is InChI=1S/C23H23BrN2O3S/c1-17(2)26(16-18-7-4-3-5-8-18)30(28,29)22-13-11-19(12-14-22)23(27)25-21-10-6-9-20(24)15-21/h3-15,17H,16H2,1-2H3,(H,25,27). The summed E-state index contributed by atoms with van der Waals surface area (Å²) in [6.07, 6.45) is 0. The first-order valence-corrected chi connectivity index (χ1v) is 11.7. The molecule has 3 rings (SSSR count). The third-order valence-corrected chi connectivity index (χ3v) is 7.09. The maximum absolute atomic E-state index is 13.2. The van der Waals surface area contributed by atoms with E-state index < -0.39 is 10.0 Å². The highest BCUT2D eigenvalue weighted by atomic mass is 79.9. The zero-order chi connectivity index (χ0) is 21.7. The Morgan fingerprint density at radius 1 is 0.967 bits per heavy atom. The maximum atomic E-state index is 13.2. The minimum Gasteiger partial charge on any atom is -0.322 e. The van der Waals surface area contributed by atoms with Crippen molar-refractivity contribution < 1.29 is 13.2 Å². The highest BCUT2D eigenvalue weighted by molar-refractivity contribution is 9.10. The third kappa shape index (κ3) is 5.36. The molecule has 0 atom stereocenters. The largest absolute Gasteiger partial charge is 0.322 e. The summed E-state index contributed by atoms with van der Waals surface area (Å²) in [7, 11) is -3.71. The molecule has 0 aromatic heterocycles. The molecule has 0 heterocycles. The number of amides is 1. The Balaban J connectivity index is 1.80. The van der Waals surface area contributed by atoms with Crippen LogP contribution in [0, 0.1) is 0 Å². The van der Waals surface area contributed by atoms with Gasteiger partial charge in [0, 0.05) is 28.3 Å². The number of hydrogen-bond acceptors (Lipinski definition) is 3. The van der Waals surface area contributed by atoms with E-state index in [2.05, 4.69) is 21.2 Å². The lowest BCUT2D eigenvalue weighted by Crippen LogP contribution is -2.36. The molecule has 0 radical (unpaired) electrons. The van der Waals surface area contributed by atoms with Crippen LogP contribution in [0.15, 0.2) is 88.2 Å². The van der Waals surface area contributed by atoms with Gasteiger partial charge in [-0.1, -0.05) is 52.3 Å². The highest BCUT2D eigenvalue weighted by Gasteiger charge is 2.27. The van der Waals surface area contributed by atoms with E-state index in [0.717, 1.165) is 10.0 Å². The summed E-state index contributed by atoms with van der Waals surface area (Å²) in [5.74, 6) is -0.304. The summed E-state index contributed by atoms with van der Waals surface area (Å²) in [5, 5.41) is 2.80. The van der Waals surface area contributed by atoms with Crippen LogP contribution in [0.2, 0.25) is 0 Å². The zero-order valence-electron chi connectivity index (χ0n) is 16.7. The smallest absolute Gasteiger partial charge is 0.255 e. The van der Waals surface area contributed by atoms with Gasteiger partial charge in [0.05, 0.1) is 4.90 Å². The van der Waals surface area contributed by atoms with E-state index in [0.29, 0.717) is 11.3 Å². The molecule has 0 fully saturated rings. The first-order chi connectivity index (χ1) is 14.3. The molecular weight excluding hydrogens is 464 g/mol. The normalized spacial score (nSPS) is 11.6. The summed E-state index contributed by atoms with van der Waals surface area (Å²) in [6.45, 7) is 3.98. The fraction of sp³-hybridized carbons (Fsp3) is 0.174. The quantitative estimate of drug-likeness (QED) is 0.492. The van der Waals surface area contributed by atoms with Crippen LogP contribution < -0.4 is 5.32 Å². The van der Waals surface area contributed by atoms with Gasteiger partial charge in [0.25, 0.3) is 5.91 Å². The van der Waals surface area contributed by atoms with Crippen molar-refractivity contribution in [3.8, 4) is 0 Å². The lowest BCUT2D eigenvalue weighted by atomic mass is 10.2. The predicted octanol–water partition coefficient (Wildman–Crippen LogP) is 5.30. The highest BCUT2D eigenvalue weighted by Crippen LogP contribution is 2.22. The Kier molecular flexibility index (Phi) is 7.07. The van der Waals surface area contributed by atoms with Gasteiger partial charge < -0.3 is 5.32 Å². The van der Waals surface area contributed by atoms with Crippen LogP contribution in [0.3, 0.4) is 0 Å². The van der Waals surface area contributed by atoms with Gasteiger partial charge in [-0.15, -0.1) is 0 Å². The van der Waals surface area contributed by atoms with Crippen molar-refractivity contribution in [2.75, 3.05) is 5.32 Å². The van der Waals surface area contributed by atoms with Gasteiger partial charge in [-0.2, -0.15) is 4.31 Å². The van der Waals surface area contributed by atoms with Crippen molar-refractivity contribution in [1.29, 1.82) is 0 Å². The van der Waals surface area contributed by atoms with E-state index >= 15 is 0 Å². The Morgan fingerprint density at radius 3 is 2.23 bits per heavy atom. The van der Waals surface area contributed by atoms with Gasteiger partial charge in [0.15, 0.2) is 0 Å². The molecule has 0 unspecified atom stereocenters. The van der Waals surface area contributed by atoms with Gasteiger partial charge in [-0.3, -0.25) is 4.79 Å². The number of hydrogen-bond donors (Lipinski definition) is 1. The van der Waals surface area contributed by atoms with E-state index in [1.165, 1.54) is 28.6 Å². The zero-order valence-corrected chi connectivity index (χ0v) is 19.2. The molecule has 1 N–H and O–H groups in total. The number of sulfonamides is 1. The predicted molar refractivity (Wildman–Crippen MR) is 123 cm³/mol. The molecule has 0 saturated carbocycles. The van der Waals surface area contributed by atoms with Crippen molar-refractivity contribution >= 4 is 37.5 Å². The second kappa shape index (κ2) is 9.55. The lowest BCUT2D eigenvalue weighted by molar-refractivity contribution is 0.102. The van der Waals surface area contributed by atoms with E-state index in [1.54, 1.807) is 12.1 Å². The van der Waals surface area contributed by atoms with E-state index in [-0.39, 0.29) is 23.4 Å². The second-order valence-corrected chi connectivity index (χ2v) is 9.92. The summed E-state index contributed by atoms with van der Waals surface area (Å²) in [4.78, 5) is 12.6. The van der Waals surface area contributed by atoms with Crippen LogP contribution in [0.4, 0.5) is 5.69 Å². The Bertz CT molecular complexity index is 1110. The molecule has 0 bridgehead atoms. The molecular formula is C23H23BrN2O3S. The molecule has 0 spiro atoms. The lowest BCUT2D eigenvalue weighted by Gasteiger charge is -2.26. The van der Waals surface area contributed by atoms with Crippen molar-refractivity contribution in [3.05, 3.63) is 94.5 Å². The summed E-state index contributed by atoms with van der Waals surface area (Å²) >= 11 is 3.37. The number of benzene rings is 3. The SMILES string of the molecule is CC(C)N(Cc1ccccc1)S(=O)(=O)c1ccc(C(=O)Nc2cccc(Br)c2)cc1. The molecule has 0 aliphatic rings. The van der Waals surface area contributed by atoms with Gasteiger partial charge in [-0.05, 0) is 61.9 Å². The van der Waals surface area contributed by atoms with E-state index in [4.69, 9.17) is 0 Å². The van der Waals surface area contributed by atoms with Crippen molar-refractivity contribution in [3.63, 3.8) is 0 Å². The number of carbonyl (C=O) groups is 1. The van der Waals surface area contributed by atoms with Crippen molar-refractivity contribution in [2.24, 2.45) is 0 Å². The minimum atomic E-state index is -3.71. The summed E-state index contributed by atoms with van der Waals surface area (Å²) < 4.78 is 28.7. The molecule has 0 aliphatic carbocycles. The van der Waals surface area contributed by atoms with Crippen LogP contribution in [0.1, 0.15) is 29.8 Å². The number of nitrogens with one attached hydrogen (secondary N) is 1. The number of carbonyl (C=O) groups excluding carboxylic acids is 1. The number of halogens is 1. The first kappa shape index (κ1) is 22.2. The van der Waals surface area contributed by atoms with E-state index in [1.807, 2.05) is 56.3 Å². The minimum absolute atomic E-state index is 0.158. The molecule has 0 saturated heterocycles. The van der Waals surface area contributed by atoms with Crippen LogP contribution in [-0.2, 0) is 16.6 Å². The summed E-state index contributed by atoms with van der Waals surface area (Å²) in [6, 6.07) is 22.5. The molecule has 3 aromatic carbocycles. The first-order valence-electron chi connectivity index (χ1n) is 9.50. The van der Waals surface area contributed by atoms with Gasteiger partial charge in [-0.25, -0.2) is 8.42 Å². The molecule has 5 nitrogen and oxygen atoms in total. The van der Waals surface area contributed by atoms with Crippen LogP contribution in [-0.4, -0.2) is 24.7 Å². The van der Waals surface area contributed by atoms with Crippen molar-refractivity contribution in [2.45, 2.75) is 31.3 Å². The molecule has 1 amide bonds. The number of rotatable bonds is 7. The van der Waals surface area contributed by atoms with Gasteiger partial charge >= 0.3 is 0 Å². The summed E-state index contributed by atoms with van der Waals surface area (Å²) in [5.41, 5.74) is 1.95. The molecule has 7 heteroatoms. The third-order valence-electron chi connectivity index (χ3n) is 4.56. The molecule has 30 heavy (non-hydrogen) atoms. The number of nitrogens with zero attached hydrogens (tertiary/aromatic N) is 1. The van der Waals surface area contributed by atoms with Gasteiger partial charge in [0.1, 0.15) is 0 Å². The molecule has 3 aromatic rings. The maximum Gasteiger partial charge on any atom is 0.255 e. The fourth-order valence-corrected chi connectivity index (χ4v) is 5.02. The van der Waals surface area contributed by atoms with E-state index in [9.17, 15) is 13.2 Å². The molecule has 0 aliphatic heterocycles. The number of anilines is 1. The average Bonchev–Trinajstić information content (AvgIpc) is 2.72. The fourth-order valence-electron chi connectivity index (χ4n) is 2.99. The topological polar surface area (TPSA) is 66.5 Å². The molecule has 156 valence electrons. The Labute approximate surface area is 185 Å². The van der Waals surface area contributed by atoms with Crippen molar-refractivity contribution in [1.82, 2.24) is 4.31 Å². The Morgan fingerprint density at radius 2 is 1.63 bits per heavy atom. The van der Waals surface area contributed by atoms with Crippen LogP contribution in [0.25, 0.3) is 0 Å². The van der Waals surface area contributed by atoms with Crippen LogP contribution in [0.5, 0.6) is 0 Å². The average molecular weight is 487 g/mol. The Hall–Kier alpha value is -2.48. The monoisotopic (exact) mass is 486 g/mol.